The molecule has 9 heteroatoms. The van der Waals surface area contributed by atoms with E-state index >= 15 is 0 Å². The average molecular weight is 396 g/mol. The molecule has 148 valence electrons. The smallest absolute Gasteiger partial charge is 0.329 e. The molecular weight excluding hydrogens is 372 g/mol. The number of benzene rings is 1. The van der Waals surface area contributed by atoms with Gasteiger partial charge in [0.1, 0.15) is 11.8 Å². The molecule has 2 atom stereocenters. The molecule has 0 saturated carbocycles. The second-order valence-electron chi connectivity index (χ2n) is 5.86. The third kappa shape index (κ3) is 5.53. The van der Waals surface area contributed by atoms with E-state index in [4.69, 9.17) is 4.74 Å². The van der Waals surface area contributed by atoms with Crippen molar-refractivity contribution < 1.29 is 28.6 Å². The maximum Gasteiger partial charge on any atom is 0.329 e. The molecule has 0 aromatic heterocycles. The van der Waals surface area contributed by atoms with Gasteiger partial charge in [0.15, 0.2) is 0 Å². The second-order valence-corrected chi connectivity index (χ2v) is 7.01. The number of urea groups is 1. The van der Waals surface area contributed by atoms with Gasteiger partial charge in [-0.15, -0.1) is 0 Å². The zero-order chi connectivity index (χ0) is 19.8. The molecule has 2 unspecified atom stereocenters. The van der Waals surface area contributed by atoms with Crippen molar-refractivity contribution in [3.8, 4) is 5.75 Å². The normalized spacial score (nSPS) is 17.6. The van der Waals surface area contributed by atoms with E-state index in [1.54, 1.807) is 23.8 Å². The van der Waals surface area contributed by atoms with Gasteiger partial charge in [-0.2, -0.15) is 11.8 Å². The minimum Gasteiger partial charge on any atom is -0.497 e. The van der Waals surface area contributed by atoms with Crippen molar-refractivity contribution in [2.24, 2.45) is 0 Å². The van der Waals surface area contributed by atoms with Gasteiger partial charge in [0.2, 0.25) is 0 Å². The second kappa shape index (κ2) is 10.1. The Morgan fingerprint density at radius 2 is 1.89 bits per heavy atom. The number of hydrogen-bond donors (Lipinski definition) is 1. The Hall–Kier alpha value is -2.42. The maximum absolute atomic E-state index is 12.8. The summed E-state index contributed by atoms with van der Waals surface area (Å²) >= 11 is 1.75. The van der Waals surface area contributed by atoms with Gasteiger partial charge in [-0.25, -0.2) is 9.59 Å². The topological polar surface area (TPSA) is 94.2 Å². The number of hydrogen-bond acceptors (Lipinski definition) is 7. The lowest BCUT2D eigenvalue weighted by Crippen LogP contribution is -2.52. The number of amides is 2. The molecule has 0 spiro atoms. The zero-order valence-corrected chi connectivity index (χ0v) is 16.4. The SMILES string of the molecule is COC(=O)CC(NC(=O)N1CCSCC1c1ccc(OC)cc1)C(=O)OC. The number of methoxy groups -OCH3 is 3. The van der Waals surface area contributed by atoms with Gasteiger partial charge in [0.05, 0.1) is 33.8 Å². The van der Waals surface area contributed by atoms with Crippen molar-refractivity contribution in [1.29, 1.82) is 0 Å². The predicted molar refractivity (Wildman–Crippen MR) is 101 cm³/mol. The van der Waals surface area contributed by atoms with Crippen molar-refractivity contribution in [3.05, 3.63) is 29.8 Å². The molecule has 1 aromatic carbocycles. The Morgan fingerprint density at radius 3 is 2.48 bits per heavy atom. The van der Waals surface area contributed by atoms with Crippen molar-refractivity contribution in [2.75, 3.05) is 39.4 Å². The summed E-state index contributed by atoms with van der Waals surface area (Å²) in [6, 6.07) is 5.87. The molecule has 0 bridgehead atoms. The molecule has 27 heavy (non-hydrogen) atoms. The first-order chi connectivity index (χ1) is 13.0. The van der Waals surface area contributed by atoms with E-state index in [-0.39, 0.29) is 12.5 Å². The highest BCUT2D eigenvalue weighted by atomic mass is 32.2. The lowest BCUT2D eigenvalue weighted by Gasteiger charge is -2.36. The summed E-state index contributed by atoms with van der Waals surface area (Å²) in [5.41, 5.74) is 0.973. The standard InChI is InChI=1S/C18H24N2O6S/c1-24-13-6-4-12(5-7-13)15-11-27-9-8-20(15)18(23)19-14(17(22)26-3)10-16(21)25-2/h4-7,14-15H,8-11H2,1-3H3,(H,19,23). The van der Waals surface area contributed by atoms with Gasteiger partial charge in [-0.3, -0.25) is 4.79 Å². The van der Waals surface area contributed by atoms with Gasteiger partial charge in [-0.05, 0) is 17.7 Å². The summed E-state index contributed by atoms with van der Waals surface area (Å²) < 4.78 is 14.4. The lowest BCUT2D eigenvalue weighted by atomic mass is 10.1. The molecule has 0 radical (unpaired) electrons. The summed E-state index contributed by atoms with van der Waals surface area (Å²) in [7, 11) is 4.02. The van der Waals surface area contributed by atoms with Crippen LogP contribution in [0, 0.1) is 0 Å². The molecular formula is C18H24N2O6S. The van der Waals surface area contributed by atoms with Crippen LogP contribution in [0.1, 0.15) is 18.0 Å². The minimum atomic E-state index is -1.10. The molecule has 1 aromatic rings. The Kier molecular flexibility index (Phi) is 7.78. The van der Waals surface area contributed by atoms with E-state index in [9.17, 15) is 14.4 Å². The molecule has 1 fully saturated rings. The van der Waals surface area contributed by atoms with E-state index in [1.165, 1.54) is 14.2 Å². The van der Waals surface area contributed by atoms with E-state index in [2.05, 4.69) is 14.8 Å². The Balaban J connectivity index is 2.14. The summed E-state index contributed by atoms with van der Waals surface area (Å²) in [5, 5.41) is 2.60. The van der Waals surface area contributed by atoms with Gasteiger partial charge in [0, 0.05) is 18.1 Å². The van der Waals surface area contributed by atoms with Crippen LogP contribution in [0.25, 0.3) is 0 Å². The number of carbonyl (C=O) groups excluding carboxylic acids is 3. The molecule has 1 aliphatic rings. The quantitative estimate of drug-likeness (QED) is 0.730. The first-order valence-electron chi connectivity index (χ1n) is 8.43. The number of nitrogens with zero attached hydrogens (tertiary/aromatic N) is 1. The third-order valence-electron chi connectivity index (χ3n) is 4.27. The number of carbonyl (C=O) groups is 3. The van der Waals surface area contributed by atoms with Crippen molar-refractivity contribution in [3.63, 3.8) is 0 Å². The Labute approximate surface area is 162 Å². The molecule has 2 amide bonds. The summed E-state index contributed by atoms with van der Waals surface area (Å²) in [4.78, 5) is 38.0. The van der Waals surface area contributed by atoms with Gasteiger partial charge in [-0.1, -0.05) is 12.1 Å². The van der Waals surface area contributed by atoms with Crippen LogP contribution in [-0.2, 0) is 19.1 Å². The summed E-state index contributed by atoms with van der Waals surface area (Å²) in [6.45, 7) is 0.527. The first-order valence-corrected chi connectivity index (χ1v) is 9.59. The fourth-order valence-electron chi connectivity index (χ4n) is 2.77. The molecule has 1 aliphatic heterocycles. The van der Waals surface area contributed by atoms with E-state index in [0.717, 1.165) is 22.8 Å². The van der Waals surface area contributed by atoms with E-state index in [1.807, 2.05) is 24.3 Å². The van der Waals surface area contributed by atoms with Crippen LogP contribution in [0.3, 0.4) is 0 Å². The van der Waals surface area contributed by atoms with Gasteiger partial charge >= 0.3 is 18.0 Å². The van der Waals surface area contributed by atoms with Crippen molar-refractivity contribution in [1.82, 2.24) is 10.2 Å². The number of nitrogens with one attached hydrogen (secondary N) is 1. The molecule has 2 rings (SSSR count). The third-order valence-corrected chi connectivity index (χ3v) is 5.29. The molecule has 0 aliphatic carbocycles. The van der Waals surface area contributed by atoms with Crippen LogP contribution in [0.5, 0.6) is 5.75 Å². The Bertz CT molecular complexity index is 666. The van der Waals surface area contributed by atoms with Crippen LogP contribution in [-0.4, -0.2) is 68.3 Å². The largest absolute Gasteiger partial charge is 0.497 e. The summed E-state index contributed by atoms with van der Waals surface area (Å²) in [5.74, 6) is 0.967. The van der Waals surface area contributed by atoms with Crippen LogP contribution < -0.4 is 10.1 Å². The first kappa shape index (κ1) is 20.9. The van der Waals surface area contributed by atoms with Crippen LogP contribution in [0.4, 0.5) is 4.79 Å². The minimum absolute atomic E-state index is 0.147. The van der Waals surface area contributed by atoms with Crippen molar-refractivity contribution >= 4 is 29.7 Å². The average Bonchev–Trinajstić information content (AvgIpc) is 2.72. The Morgan fingerprint density at radius 1 is 1.19 bits per heavy atom. The van der Waals surface area contributed by atoms with Gasteiger partial charge < -0.3 is 24.4 Å². The number of esters is 2. The fraction of sp³-hybridized carbons (Fsp3) is 0.500. The van der Waals surface area contributed by atoms with Crippen LogP contribution >= 0.6 is 11.8 Å². The highest BCUT2D eigenvalue weighted by Gasteiger charge is 2.32. The monoisotopic (exact) mass is 396 g/mol. The number of ether oxygens (including phenoxy) is 3. The van der Waals surface area contributed by atoms with Crippen molar-refractivity contribution in [2.45, 2.75) is 18.5 Å². The maximum atomic E-state index is 12.8. The highest BCUT2D eigenvalue weighted by molar-refractivity contribution is 7.99. The van der Waals surface area contributed by atoms with Crippen LogP contribution in [0.2, 0.25) is 0 Å². The highest BCUT2D eigenvalue weighted by Crippen LogP contribution is 2.30. The number of rotatable bonds is 6. The van der Waals surface area contributed by atoms with Gasteiger partial charge in [0.25, 0.3) is 0 Å². The molecule has 1 saturated heterocycles. The molecule has 1 heterocycles. The fourth-order valence-corrected chi connectivity index (χ4v) is 3.85. The predicted octanol–water partition coefficient (Wildman–Crippen LogP) is 1.60. The van der Waals surface area contributed by atoms with E-state index in [0.29, 0.717) is 6.54 Å². The lowest BCUT2D eigenvalue weighted by molar-refractivity contribution is -0.149. The summed E-state index contributed by atoms with van der Waals surface area (Å²) in [6.07, 6.45) is -0.287. The molecule has 1 N–H and O–H groups in total. The van der Waals surface area contributed by atoms with Crippen LogP contribution in [0.15, 0.2) is 24.3 Å². The van der Waals surface area contributed by atoms with E-state index < -0.39 is 24.0 Å². The zero-order valence-electron chi connectivity index (χ0n) is 15.6. The number of thioether (sulfide) groups is 1. The molecule has 8 nitrogen and oxygen atoms in total.